The number of hydrogen-bond donors (Lipinski definition) is 3. The number of carbonyl (C=O) groups is 1. The summed E-state index contributed by atoms with van der Waals surface area (Å²) in [5.74, 6) is -0.154. The molecule has 0 spiro atoms. The summed E-state index contributed by atoms with van der Waals surface area (Å²) in [5, 5.41) is 30.3. The quantitative estimate of drug-likeness (QED) is 0.704. The fourth-order valence-corrected chi connectivity index (χ4v) is 4.56. The Morgan fingerprint density at radius 1 is 1.36 bits per heavy atom. The summed E-state index contributed by atoms with van der Waals surface area (Å²) in [5.41, 5.74) is 0.0133. The van der Waals surface area contributed by atoms with Crippen molar-refractivity contribution in [2.45, 2.75) is 31.8 Å². The second-order valence-corrected chi connectivity index (χ2v) is 7.18. The molecule has 2 atom stereocenters. The van der Waals surface area contributed by atoms with Crippen LogP contribution in [-0.2, 0) is 11.8 Å². The molecule has 3 fully saturated rings. The first-order chi connectivity index (χ1) is 10.3. The molecular weight excluding hydrogens is 288 g/mol. The summed E-state index contributed by atoms with van der Waals surface area (Å²) >= 11 is 0. The van der Waals surface area contributed by atoms with Gasteiger partial charge in [0, 0.05) is 20.6 Å². The number of carboxylic acids is 1. The highest BCUT2D eigenvalue weighted by Crippen LogP contribution is 2.73. The number of aliphatic carboxylic acids is 1. The van der Waals surface area contributed by atoms with Crippen LogP contribution in [0.2, 0.25) is 0 Å². The van der Waals surface area contributed by atoms with E-state index in [-0.39, 0.29) is 5.41 Å². The minimum absolute atomic E-state index is 0.0860. The molecule has 4 aliphatic rings. The molecule has 1 aliphatic heterocycles. The fourth-order valence-electron chi connectivity index (χ4n) is 4.56. The average molecular weight is 308 g/mol. The third-order valence-corrected chi connectivity index (χ3v) is 5.61. The molecule has 1 aromatic heterocycles. The normalized spacial score (nSPS) is 39.9. The van der Waals surface area contributed by atoms with Gasteiger partial charge in [0.15, 0.2) is 18.4 Å². The van der Waals surface area contributed by atoms with E-state index >= 15 is 0 Å². The van der Waals surface area contributed by atoms with Crippen molar-refractivity contribution in [2.75, 3.05) is 18.5 Å². The Morgan fingerprint density at radius 2 is 2.00 bits per heavy atom. The number of aliphatic hydroxyl groups excluding tert-OH is 2. The van der Waals surface area contributed by atoms with Gasteiger partial charge in [-0.1, -0.05) is 0 Å². The number of aliphatic hydroxyl groups is 2. The first kappa shape index (κ1) is 14.0. The first-order valence-corrected chi connectivity index (χ1v) is 7.38. The van der Waals surface area contributed by atoms with E-state index in [1.807, 2.05) is 0 Å². The third-order valence-electron chi connectivity index (χ3n) is 5.61. The maximum absolute atomic E-state index is 11.2. The summed E-state index contributed by atoms with van der Waals surface area (Å²) in [7, 11) is 3.54. The van der Waals surface area contributed by atoms with Crippen molar-refractivity contribution in [3.63, 3.8) is 0 Å². The van der Waals surface area contributed by atoms with E-state index in [1.54, 1.807) is 34.8 Å². The zero-order valence-corrected chi connectivity index (χ0v) is 12.6. The number of nitrogens with zero attached hydrogens (tertiary/aromatic N) is 4. The predicted molar refractivity (Wildman–Crippen MR) is 75.6 cm³/mol. The van der Waals surface area contributed by atoms with Gasteiger partial charge >= 0.3 is 5.97 Å². The van der Waals surface area contributed by atoms with Crippen molar-refractivity contribution < 1.29 is 20.1 Å². The van der Waals surface area contributed by atoms with E-state index in [9.17, 15) is 20.1 Å². The van der Waals surface area contributed by atoms with Gasteiger partial charge in [-0.05, 0) is 24.7 Å². The van der Waals surface area contributed by atoms with E-state index in [2.05, 4.69) is 4.98 Å². The van der Waals surface area contributed by atoms with Crippen LogP contribution in [0.1, 0.15) is 31.2 Å². The van der Waals surface area contributed by atoms with E-state index in [0.29, 0.717) is 37.3 Å². The highest BCUT2D eigenvalue weighted by molar-refractivity contribution is 5.79. The average Bonchev–Trinajstić information content (AvgIpc) is 2.74. The van der Waals surface area contributed by atoms with E-state index < -0.39 is 24.0 Å². The molecule has 2 unspecified atom stereocenters. The summed E-state index contributed by atoms with van der Waals surface area (Å²) in [6.07, 6.45) is 1.60. The molecule has 1 aromatic rings. The number of fused-ring (bicyclic) bond motifs is 1. The van der Waals surface area contributed by atoms with Crippen LogP contribution in [0.5, 0.6) is 0 Å². The topological polar surface area (TPSA) is 102 Å². The Bertz CT molecular complexity index is 637. The van der Waals surface area contributed by atoms with Crippen LogP contribution in [0.25, 0.3) is 0 Å². The van der Waals surface area contributed by atoms with Gasteiger partial charge in [0.2, 0.25) is 0 Å². The number of anilines is 1. The van der Waals surface area contributed by atoms with Crippen LogP contribution < -0.4 is 4.90 Å². The summed E-state index contributed by atoms with van der Waals surface area (Å²) < 4.78 is 1.75. The van der Waals surface area contributed by atoms with Crippen LogP contribution in [0, 0.1) is 10.8 Å². The lowest BCUT2D eigenvalue weighted by Crippen LogP contribution is -2.70. The van der Waals surface area contributed by atoms with E-state index in [1.165, 1.54) is 0 Å². The van der Waals surface area contributed by atoms with Gasteiger partial charge in [-0.15, -0.1) is 0 Å². The molecule has 3 saturated carbocycles. The molecule has 8 heteroatoms. The van der Waals surface area contributed by atoms with Crippen LogP contribution in [-0.4, -0.2) is 55.7 Å². The molecule has 0 amide bonds. The highest BCUT2D eigenvalue weighted by Gasteiger charge is 2.72. The Hall–Kier alpha value is -1.64. The van der Waals surface area contributed by atoms with E-state index in [4.69, 9.17) is 0 Å². The highest BCUT2D eigenvalue weighted by atomic mass is 16.4. The summed E-state index contributed by atoms with van der Waals surface area (Å²) in [6, 6.07) is 0. The number of carboxylic acid groups (broad SMARTS) is 1. The molecule has 0 aromatic carbocycles. The lowest BCUT2D eigenvalue weighted by Gasteiger charge is -2.69. The number of aromatic nitrogens is 2. The molecule has 5 rings (SSSR count). The molecule has 0 radical (unpaired) electrons. The molecule has 8 nitrogen and oxygen atoms in total. The van der Waals surface area contributed by atoms with Gasteiger partial charge in [0.05, 0.1) is 11.7 Å². The van der Waals surface area contributed by atoms with E-state index in [0.717, 1.165) is 0 Å². The molecule has 22 heavy (non-hydrogen) atoms. The van der Waals surface area contributed by atoms with Gasteiger partial charge in [0.25, 0.3) is 0 Å². The van der Waals surface area contributed by atoms with Crippen molar-refractivity contribution in [1.29, 1.82) is 0 Å². The van der Waals surface area contributed by atoms with Gasteiger partial charge < -0.3 is 24.8 Å². The zero-order valence-electron chi connectivity index (χ0n) is 12.6. The SMILES string of the molecule is CN1c2ncn(C)c2C(O)N(CC23CC(C(=O)O)(C2)C3)C1O. The van der Waals surface area contributed by atoms with Crippen molar-refractivity contribution >= 4 is 11.8 Å². The number of imidazole rings is 1. The standard InChI is InChI=1S/C14H20N4O4/c1-16-7-15-9-8(16)10(19)18(12(22)17(9)2)6-13-3-14(4-13,5-13)11(20)21/h7,10,12,19,22H,3-6H2,1-2H3,(H,20,21). The molecule has 2 bridgehead atoms. The Balaban J connectivity index is 1.56. The van der Waals surface area contributed by atoms with Crippen molar-refractivity contribution in [2.24, 2.45) is 17.9 Å². The smallest absolute Gasteiger partial charge is 0.309 e. The second-order valence-electron chi connectivity index (χ2n) is 7.18. The predicted octanol–water partition coefficient (Wildman–Crippen LogP) is -0.306. The van der Waals surface area contributed by atoms with Crippen LogP contribution in [0.4, 0.5) is 5.82 Å². The Morgan fingerprint density at radius 3 is 2.59 bits per heavy atom. The van der Waals surface area contributed by atoms with Gasteiger partial charge in [-0.3, -0.25) is 4.79 Å². The second kappa shape index (κ2) is 4.01. The Kier molecular flexibility index (Phi) is 2.55. The van der Waals surface area contributed by atoms with Gasteiger partial charge in [-0.25, -0.2) is 9.88 Å². The summed E-state index contributed by atoms with van der Waals surface area (Å²) in [4.78, 5) is 18.7. The molecular formula is C14H20N4O4. The number of aryl methyl sites for hydroxylation is 1. The summed E-state index contributed by atoms with van der Waals surface area (Å²) in [6.45, 7) is 0.485. The third kappa shape index (κ3) is 1.52. The van der Waals surface area contributed by atoms with Crippen molar-refractivity contribution in [3.05, 3.63) is 12.0 Å². The minimum atomic E-state index is -0.966. The molecule has 120 valence electrons. The van der Waals surface area contributed by atoms with Crippen LogP contribution in [0.15, 0.2) is 6.33 Å². The number of rotatable bonds is 3. The minimum Gasteiger partial charge on any atom is -0.481 e. The monoisotopic (exact) mass is 308 g/mol. The molecule has 3 aliphatic carbocycles. The maximum atomic E-state index is 11.2. The molecule has 3 N–H and O–H groups in total. The Labute approximate surface area is 127 Å². The number of hydrogen-bond acceptors (Lipinski definition) is 6. The molecule has 2 heterocycles. The zero-order chi connectivity index (χ0) is 15.9. The fraction of sp³-hybridized carbons (Fsp3) is 0.714. The van der Waals surface area contributed by atoms with Crippen molar-refractivity contribution in [1.82, 2.24) is 14.5 Å². The van der Waals surface area contributed by atoms with Crippen LogP contribution in [0.3, 0.4) is 0 Å². The largest absolute Gasteiger partial charge is 0.481 e. The first-order valence-electron chi connectivity index (χ1n) is 7.38. The van der Waals surface area contributed by atoms with Crippen molar-refractivity contribution in [3.8, 4) is 0 Å². The lowest BCUT2D eigenvalue weighted by molar-refractivity contribution is -0.246. The van der Waals surface area contributed by atoms with Gasteiger partial charge in [0.1, 0.15) is 5.69 Å². The van der Waals surface area contributed by atoms with Crippen LogP contribution >= 0.6 is 0 Å². The lowest BCUT2D eigenvalue weighted by atomic mass is 9.35. The van der Waals surface area contributed by atoms with Gasteiger partial charge in [-0.2, -0.15) is 0 Å². The molecule has 0 saturated heterocycles. The maximum Gasteiger partial charge on any atom is 0.309 e.